The molecule has 15 heavy (non-hydrogen) atoms. The third-order valence-electron chi connectivity index (χ3n) is 3.57. The van der Waals surface area contributed by atoms with Crippen LogP contribution in [0.25, 0.3) is 0 Å². The van der Waals surface area contributed by atoms with Crippen molar-refractivity contribution in [2.75, 3.05) is 26.3 Å². The highest BCUT2D eigenvalue weighted by molar-refractivity contribution is 4.88. The monoisotopic (exact) mass is 214 g/mol. The predicted octanol–water partition coefficient (Wildman–Crippen LogP) is 1.38. The van der Waals surface area contributed by atoms with Gasteiger partial charge in [0.15, 0.2) is 0 Å². The van der Waals surface area contributed by atoms with Gasteiger partial charge in [-0.2, -0.15) is 0 Å². The summed E-state index contributed by atoms with van der Waals surface area (Å²) in [7, 11) is 0. The minimum Gasteiger partial charge on any atom is -0.381 e. The minimum atomic E-state index is -0.0328. The van der Waals surface area contributed by atoms with Crippen molar-refractivity contribution in [1.29, 1.82) is 0 Å². The highest BCUT2D eigenvalue weighted by Gasteiger charge is 2.27. The van der Waals surface area contributed by atoms with Gasteiger partial charge in [0, 0.05) is 25.3 Å². The van der Waals surface area contributed by atoms with Crippen molar-refractivity contribution in [2.45, 2.75) is 39.2 Å². The van der Waals surface area contributed by atoms with Crippen LogP contribution in [0.1, 0.15) is 33.6 Å². The van der Waals surface area contributed by atoms with Gasteiger partial charge in [-0.15, -0.1) is 0 Å². The Morgan fingerprint density at radius 3 is 2.40 bits per heavy atom. The fourth-order valence-electron chi connectivity index (χ4n) is 1.74. The first-order chi connectivity index (χ1) is 7.03. The number of ether oxygens (including phenoxy) is 1. The highest BCUT2D eigenvalue weighted by Crippen LogP contribution is 2.16. The second-order valence-electron chi connectivity index (χ2n) is 5.33. The fraction of sp³-hybridized carbons (Fsp3) is 1.00. The Hall–Kier alpha value is -0.120. The minimum absolute atomic E-state index is 0.0328. The summed E-state index contributed by atoms with van der Waals surface area (Å²) >= 11 is 0. The molecule has 1 aliphatic heterocycles. The standard InChI is InChI=1S/C12H26N2O/c1-10(2)11(3)8-14-9-12(13)4-6-15-7-5-12/h10-11,14H,4-9,13H2,1-3H3. The maximum atomic E-state index is 6.28. The Morgan fingerprint density at radius 2 is 1.87 bits per heavy atom. The summed E-state index contributed by atoms with van der Waals surface area (Å²) in [5.74, 6) is 1.45. The van der Waals surface area contributed by atoms with Crippen LogP contribution in [0.15, 0.2) is 0 Å². The molecular formula is C12H26N2O. The number of nitrogens with one attached hydrogen (secondary N) is 1. The van der Waals surface area contributed by atoms with Gasteiger partial charge in [0.2, 0.25) is 0 Å². The van der Waals surface area contributed by atoms with Crippen LogP contribution >= 0.6 is 0 Å². The molecule has 1 atom stereocenters. The van der Waals surface area contributed by atoms with E-state index in [0.29, 0.717) is 5.92 Å². The molecule has 1 unspecified atom stereocenters. The zero-order chi connectivity index (χ0) is 11.3. The van der Waals surface area contributed by atoms with E-state index in [0.717, 1.165) is 45.1 Å². The lowest BCUT2D eigenvalue weighted by atomic mass is 9.91. The first kappa shape index (κ1) is 12.9. The molecule has 0 amide bonds. The number of hydrogen-bond donors (Lipinski definition) is 2. The van der Waals surface area contributed by atoms with Crippen LogP contribution in [0, 0.1) is 11.8 Å². The molecule has 3 heteroatoms. The third-order valence-corrected chi connectivity index (χ3v) is 3.57. The molecule has 1 aliphatic rings. The molecule has 3 N–H and O–H groups in total. The maximum absolute atomic E-state index is 6.28. The van der Waals surface area contributed by atoms with Crippen LogP contribution < -0.4 is 11.1 Å². The van der Waals surface area contributed by atoms with E-state index >= 15 is 0 Å². The van der Waals surface area contributed by atoms with Gasteiger partial charge in [-0.25, -0.2) is 0 Å². The van der Waals surface area contributed by atoms with Crippen LogP contribution in [-0.2, 0) is 4.74 Å². The first-order valence-corrected chi connectivity index (χ1v) is 6.11. The Labute approximate surface area is 93.8 Å². The smallest absolute Gasteiger partial charge is 0.0484 e. The van der Waals surface area contributed by atoms with E-state index in [9.17, 15) is 0 Å². The van der Waals surface area contributed by atoms with E-state index in [1.165, 1.54) is 0 Å². The molecule has 0 radical (unpaired) electrons. The average molecular weight is 214 g/mol. The van der Waals surface area contributed by atoms with E-state index < -0.39 is 0 Å². The molecule has 1 heterocycles. The summed E-state index contributed by atoms with van der Waals surface area (Å²) in [6.07, 6.45) is 1.96. The molecule has 3 nitrogen and oxygen atoms in total. The van der Waals surface area contributed by atoms with Crippen molar-refractivity contribution in [3.05, 3.63) is 0 Å². The van der Waals surface area contributed by atoms with E-state index in [-0.39, 0.29) is 5.54 Å². The Morgan fingerprint density at radius 1 is 1.27 bits per heavy atom. The van der Waals surface area contributed by atoms with Crippen molar-refractivity contribution in [1.82, 2.24) is 5.32 Å². The molecule has 0 spiro atoms. The van der Waals surface area contributed by atoms with Crippen LogP contribution in [-0.4, -0.2) is 31.8 Å². The molecule has 90 valence electrons. The van der Waals surface area contributed by atoms with Crippen LogP contribution in [0.5, 0.6) is 0 Å². The molecule has 0 aromatic heterocycles. The number of hydrogen-bond acceptors (Lipinski definition) is 3. The summed E-state index contributed by atoms with van der Waals surface area (Å²) in [5, 5.41) is 3.50. The van der Waals surface area contributed by atoms with Crippen molar-refractivity contribution in [3.8, 4) is 0 Å². The third kappa shape index (κ3) is 4.49. The lowest BCUT2D eigenvalue weighted by Gasteiger charge is -2.34. The summed E-state index contributed by atoms with van der Waals surface area (Å²) in [4.78, 5) is 0. The van der Waals surface area contributed by atoms with Crippen molar-refractivity contribution < 1.29 is 4.74 Å². The van der Waals surface area contributed by atoms with E-state index in [4.69, 9.17) is 10.5 Å². The fourth-order valence-corrected chi connectivity index (χ4v) is 1.74. The maximum Gasteiger partial charge on any atom is 0.0484 e. The summed E-state index contributed by atoms with van der Waals surface area (Å²) < 4.78 is 5.32. The Bertz CT molecular complexity index is 176. The van der Waals surface area contributed by atoms with Gasteiger partial charge in [0.1, 0.15) is 0 Å². The zero-order valence-corrected chi connectivity index (χ0v) is 10.4. The SMILES string of the molecule is CC(C)C(C)CNCC1(N)CCOCC1. The van der Waals surface area contributed by atoms with E-state index in [1.807, 2.05) is 0 Å². The molecule has 0 aromatic rings. The zero-order valence-electron chi connectivity index (χ0n) is 10.4. The van der Waals surface area contributed by atoms with Gasteiger partial charge in [-0.3, -0.25) is 0 Å². The number of nitrogens with two attached hydrogens (primary N) is 1. The average Bonchev–Trinajstić information content (AvgIpc) is 2.18. The predicted molar refractivity (Wildman–Crippen MR) is 63.8 cm³/mol. The van der Waals surface area contributed by atoms with Crippen molar-refractivity contribution in [3.63, 3.8) is 0 Å². The summed E-state index contributed by atoms with van der Waals surface area (Å²) in [6.45, 7) is 10.4. The Balaban J connectivity index is 2.18. The van der Waals surface area contributed by atoms with Gasteiger partial charge in [-0.1, -0.05) is 20.8 Å². The topological polar surface area (TPSA) is 47.3 Å². The molecule has 1 saturated heterocycles. The van der Waals surface area contributed by atoms with E-state index in [1.54, 1.807) is 0 Å². The first-order valence-electron chi connectivity index (χ1n) is 6.11. The van der Waals surface area contributed by atoms with Crippen molar-refractivity contribution >= 4 is 0 Å². The quantitative estimate of drug-likeness (QED) is 0.727. The van der Waals surface area contributed by atoms with Gasteiger partial charge in [0.05, 0.1) is 0 Å². The Kier molecular flexibility index (Phi) is 5.03. The number of rotatable bonds is 5. The largest absolute Gasteiger partial charge is 0.381 e. The van der Waals surface area contributed by atoms with Crippen molar-refractivity contribution in [2.24, 2.45) is 17.6 Å². The van der Waals surface area contributed by atoms with Crippen LogP contribution in [0.3, 0.4) is 0 Å². The van der Waals surface area contributed by atoms with E-state index in [2.05, 4.69) is 26.1 Å². The second-order valence-corrected chi connectivity index (χ2v) is 5.33. The molecular weight excluding hydrogens is 188 g/mol. The summed E-state index contributed by atoms with van der Waals surface area (Å²) in [5.41, 5.74) is 6.25. The van der Waals surface area contributed by atoms with Crippen LogP contribution in [0.2, 0.25) is 0 Å². The summed E-state index contributed by atoms with van der Waals surface area (Å²) in [6, 6.07) is 0. The van der Waals surface area contributed by atoms with Crippen LogP contribution in [0.4, 0.5) is 0 Å². The molecule has 0 bridgehead atoms. The molecule has 0 saturated carbocycles. The van der Waals surface area contributed by atoms with Gasteiger partial charge in [-0.05, 0) is 31.2 Å². The normalized spacial score (nSPS) is 23.0. The molecule has 1 rings (SSSR count). The second kappa shape index (κ2) is 5.83. The highest BCUT2D eigenvalue weighted by atomic mass is 16.5. The lowest BCUT2D eigenvalue weighted by molar-refractivity contribution is 0.0528. The van der Waals surface area contributed by atoms with Gasteiger partial charge in [0.25, 0.3) is 0 Å². The molecule has 0 aliphatic carbocycles. The molecule has 1 fully saturated rings. The van der Waals surface area contributed by atoms with Gasteiger partial charge < -0.3 is 15.8 Å². The molecule has 0 aromatic carbocycles. The van der Waals surface area contributed by atoms with Gasteiger partial charge >= 0.3 is 0 Å². The lowest BCUT2D eigenvalue weighted by Crippen LogP contribution is -2.53.